The van der Waals surface area contributed by atoms with Gasteiger partial charge >= 0.3 is 0 Å². The summed E-state index contributed by atoms with van der Waals surface area (Å²) < 4.78 is 12.9. The van der Waals surface area contributed by atoms with Crippen molar-refractivity contribution in [1.82, 2.24) is 10.6 Å². The lowest BCUT2D eigenvalue weighted by Crippen LogP contribution is -2.44. The molecule has 4 nitrogen and oxygen atoms in total. The number of benzene rings is 1. The van der Waals surface area contributed by atoms with Crippen LogP contribution in [0.15, 0.2) is 46.8 Å². The van der Waals surface area contributed by atoms with Gasteiger partial charge in [-0.25, -0.2) is 9.38 Å². The van der Waals surface area contributed by atoms with Crippen LogP contribution in [0.3, 0.4) is 0 Å². The first-order valence-corrected chi connectivity index (χ1v) is 8.42. The number of nitrogens with one attached hydrogen (secondary N) is 2. The van der Waals surface area contributed by atoms with Gasteiger partial charge in [0.25, 0.3) is 0 Å². The van der Waals surface area contributed by atoms with Crippen LogP contribution in [-0.4, -0.2) is 24.2 Å². The number of guanidine groups is 1. The molecule has 0 spiro atoms. The standard InChI is InChI=1S/C17H22FN3OS/c1-3-19-16(20-11-13-6-8-14(18)9-7-13)21-12-17(2,22)15-5-4-10-23-15/h4-10,22H,3,11-12H2,1-2H3,(H2,19,20,21). The van der Waals surface area contributed by atoms with E-state index in [-0.39, 0.29) is 5.82 Å². The summed E-state index contributed by atoms with van der Waals surface area (Å²) in [7, 11) is 0. The van der Waals surface area contributed by atoms with Gasteiger partial charge in [0.15, 0.2) is 5.96 Å². The van der Waals surface area contributed by atoms with Crippen LogP contribution in [0.25, 0.3) is 0 Å². The average molecular weight is 335 g/mol. The van der Waals surface area contributed by atoms with Crippen LogP contribution in [0, 0.1) is 5.82 Å². The zero-order valence-corrected chi connectivity index (χ0v) is 14.2. The Balaban J connectivity index is 1.97. The molecule has 6 heteroatoms. The van der Waals surface area contributed by atoms with Crippen molar-refractivity contribution >= 4 is 17.3 Å². The molecule has 0 radical (unpaired) electrons. The van der Waals surface area contributed by atoms with Crippen LogP contribution in [0.1, 0.15) is 24.3 Å². The van der Waals surface area contributed by atoms with Gasteiger partial charge in [0, 0.05) is 11.4 Å². The summed E-state index contributed by atoms with van der Waals surface area (Å²) in [5, 5.41) is 18.8. The van der Waals surface area contributed by atoms with Gasteiger partial charge in [-0.05, 0) is 43.0 Å². The Bertz CT molecular complexity index is 624. The predicted molar refractivity (Wildman–Crippen MR) is 93.1 cm³/mol. The quantitative estimate of drug-likeness (QED) is 0.562. The van der Waals surface area contributed by atoms with E-state index in [4.69, 9.17) is 0 Å². The average Bonchev–Trinajstić information content (AvgIpc) is 3.07. The number of halogens is 1. The molecule has 0 bridgehead atoms. The van der Waals surface area contributed by atoms with Crippen molar-refractivity contribution in [2.24, 2.45) is 4.99 Å². The van der Waals surface area contributed by atoms with E-state index >= 15 is 0 Å². The summed E-state index contributed by atoms with van der Waals surface area (Å²) in [6.45, 7) is 5.26. The van der Waals surface area contributed by atoms with Gasteiger partial charge in [-0.1, -0.05) is 18.2 Å². The minimum absolute atomic E-state index is 0.255. The molecular weight excluding hydrogens is 313 g/mol. The Hall–Kier alpha value is -1.92. The summed E-state index contributed by atoms with van der Waals surface area (Å²) >= 11 is 1.52. The molecule has 3 N–H and O–H groups in total. The Labute approximate surface area is 140 Å². The first-order chi connectivity index (χ1) is 11.0. The lowest BCUT2D eigenvalue weighted by Gasteiger charge is -2.23. The summed E-state index contributed by atoms with van der Waals surface area (Å²) in [5.41, 5.74) is -0.0335. The van der Waals surface area contributed by atoms with Crippen molar-refractivity contribution in [3.05, 3.63) is 58.0 Å². The van der Waals surface area contributed by atoms with Gasteiger partial charge in [0.1, 0.15) is 11.4 Å². The van der Waals surface area contributed by atoms with Crippen molar-refractivity contribution in [3.63, 3.8) is 0 Å². The maximum Gasteiger partial charge on any atom is 0.191 e. The highest BCUT2D eigenvalue weighted by molar-refractivity contribution is 7.10. The van der Waals surface area contributed by atoms with Gasteiger partial charge in [-0.2, -0.15) is 0 Å². The van der Waals surface area contributed by atoms with Crippen molar-refractivity contribution in [2.45, 2.75) is 26.0 Å². The zero-order valence-electron chi connectivity index (χ0n) is 13.3. The first-order valence-electron chi connectivity index (χ1n) is 7.54. The molecule has 0 aliphatic carbocycles. The van der Waals surface area contributed by atoms with Crippen molar-refractivity contribution < 1.29 is 9.50 Å². The molecule has 2 rings (SSSR count). The highest BCUT2D eigenvalue weighted by Crippen LogP contribution is 2.24. The molecule has 23 heavy (non-hydrogen) atoms. The molecule has 1 aromatic heterocycles. The number of aliphatic hydroxyl groups is 1. The fraction of sp³-hybridized carbons (Fsp3) is 0.353. The number of thiophene rings is 1. The van der Waals surface area contributed by atoms with E-state index in [2.05, 4.69) is 15.6 Å². The normalized spacial score (nSPS) is 14.3. The highest BCUT2D eigenvalue weighted by atomic mass is 32.1. The Kier molecular flexibility index (Phi) is 6.12. The molecule has 0 saturated carbocycles. The lowest BCUT2D eigenvalue weighted by atomic mass is 10.1. The molecular formula is C17H22FN3OS. The number of hydrogen-bond donors (Lipinski definition) is 3. The molecule has 0 amide bonds. The summed E-state index contributed by atoms with van der Waals surface area (Å²) in [6, 6.07) is 10.1. The van der Waals surface area contributed by atoms with Crippen LogP contribution in [0.2, 0.25) is 0 Å². The second-order valence-corrected chi connectivity index (χ2v) is 6.37. The number of hydrogen-bond acceptors (Lipinski definition) is 3. The smallest absolute Gasteiger partial charge is 0.191 e. The van der Waals surface area contributed by atoms with Crippen LogP contribution in [0.5, 0.6) is 0 Å². The highest BCUT2D eigenvalue weighted by Gasteiger charge is 2.24. The number of aliphatic imine (C=N–C) groups is 1. The van der Waals surface area contributed by atoms with E-state index < -0.39 is 5.60 Å². The molecule has 124 valence electrons. The minimum atomic E-state index is -0.958. The van der Waals surface area contributed by atoms with Crippen LogP contribution < -0.4 is 10.6 Å². The minimum Gasteiger partial charge on any atom is -0.383 e. The fourth-order valence-electron chi connectivity index (χ4n) is 2.03. The van der Waals surface area contributed by atoms with Gasteiger partial charge in [-0.3, -0.25) is 0 Å². The topological polar surface area (TPSA) is 56.7 Å². The van der Waals surface area contributed by atoms with E-state index in [1.807, 2.05) is 24.4 Å². The monoisotopic (exact) mass is 335 g/mol. The lowest BCUT2D eigenvalue weighted by molar-refractivity contribution is 0.0655. The molecule has 1 unspecified atom stereocenters. The zero-order chi connectivity index (χ0) is 16.7. The van der Waals surface area contributed by atoms with Gasteiger partial charge in [0.2, 0.25) is 0 Å². The van der Waals surface area contributed by atoms with Gasteiger partial charge in [-0.15, -0.1) is 11.3 Å². The maximum absolute atomic E-state index is 12.9. The first kappa shape index (κ1) is 17.4. The van der Waals surface area contributed by atoms with Crippen molar-refractivity contribution in [3.8, 4) is 0 Å². The second kappa shape index (κ2) is 8.08. The van der Waals surface area contributed by atoms with Crippen LogP contribution in [-0.2, 0) is 12.1 Å². The van der Waals surface area contributed by atoms with Crippen molar-refractivity contribution in [2.75, 3.05) is 13.1 Å². The fourth-order valence-corrected chi connectivity index (χ4v) is 2.82. The molecule has 0 aliphatic rings. The molecule has 1 aromatic carbocycles. The number of nitrogens with zero attached hydrogens (tertiary/aromatic N) is 1. The third-order valence-corrected chi connectivity index (χ3v) is 4.45. The van der Waals surface area contributed by atoms with Crippen LogP contribution in [0.4, 0.5) is 4.39 Å². The maximum atomic E-state index is 12.9. The van der Waals surface area contributed by atoms with Gasteiger partial charge in [0.05, 0.1) is 13.1 Å². The molecule has 0 aliphatic heterocycles. The molecule has 0 fully saturated rings. The predicted octanol–water partition coefficient (Wildman–Crippen LogP) is 2.85. The molecule has 2 aromatic rings. The third-order valence-electron chi connectivity index (χ3n) is 3.33. The molecule has 0 saturated heterocycles. The Morgan fingerprint density at radius 1 is 1.26 bits per heavy atom. The molecule has 1 atom stereocenters. The Morgan fingerprint density at radius 3 is 2.61 bits per heavy atom. The third kappa shape index (κ3) is 5.33. The number of rotatable bonds is 6. The van der Waals surface area contributed by atoms with E-state index in [9.17, 15) is 9.50 Å². The summed E-state index contributed by atoms with van der Waals surface area (Å²) in [5.74, 6) is 0.364. The van der Waals surface area contributed by atoms with Crippen molar-refractivity contribution in [1.29, 1.82) is 0 Å². The second-order valence-electron chi connectivity index (χ2n) is 5.43. The van der Waals surface area contributed by atoms with E-state index in [0.29, 0.717) is 19.0 Å². The van der Waals surface area contributed by atoms with E-state index in [1.54, 1.807) is 19.1 Å². The van der Waals surface area contributed by atoms with E-state index in [0.717, 1.165) is 17.0 Å². The van der Waals surface area contributed by atoms with Crippen LogP contribution >= 0.6 is 11.3 Å². The largest absolute Gasteiger partial charge is 0.383 e. The summed E-state index contributed by atoms with van der Waals surface area (Å²) in [4.78, 5) is 5.36. The summed E-state index contributed by atoms with van der Waals surface area (Å²) in [6.07, 6.45) is 0. The van der Waals surface area contributed by atoms with E-state index in [1.165, 1.54) is 23.5 Å². The molecule has 1 heterocycles. The SMILES string of the molecule is CCNC(=NCc1ccc(F)cc1)NCC(C)(O)c1cccs1. The van der Waals surface area contributed by atoms with Gasteiger partial charge < -0.3 is 15.7 Å². The Morgan fingerprint density at radius 2 is 2.00 bits per heavy atom.